The number of ether oxygens (including phenoxy) is 3. The van der Waals surface area contributed by atoms with Gasteiger partial charge in [0.05, 0.1) is 23.0 Å². The number of anilines is 1. The van der Waals surface area contributed by atoms with Gasteiger partial charge in [-0.3, -0.25) is 9.59 Å². The standard InChI is InChI=1S/C22H14F7N3O5S3/c23-13-6-11(19(34)32-9-1-3-14(18(30)33)31-8-9)16(7-12(13)20(24,25)26)35-15-4-2-10(36-21(27,28)29)5-17(15)37-22(38,39)40/h1-8,38-40H,(H2,30,33)(H,32,34). The number of aromatic nitrogens is 1. The van der Waals surface area contributed by atoms with Crippen molar-refractivity contribution in [3.8, 4) is 23.0 Å². The number of rotatable bonds is 8. The first kappa shape index (κ1) is 31.0. The van der Waals surface area contributed by atoms with Crippen LogP contribution in [0.3, 0.4) is 0 Å². The van der Waals surface area contributed by atoms with E-state index in [2.05, 4.69) is 52.9 Å². The fourth-order valence-electron chi connectivity index (χ4n) is 2.96. The lowest BCUT2D eigenvalue weighted by Gasteiger charge is -2.22. The van der Waals surface area contributed by atoms with E-state index in [1.54, 1.807) is 0 Å². The number of hydrogen-bond donors (Lipinski definition) is 5. The van der Waals surface area contributed by atoms with E-state index in [-0.39, 0.29) is 23.5 Å². The van der Waals surface area contributed by atoms with Gasteiger partial charge in [0.1, 0.15) is 23.0 Å². The van der Waals surface area contributed by atoms with E-state index >= 15 is 0 Å². The van der Waals surface area contributed by atoms with Crippen molar-refractivity contribution < 1.29 is 54.5 Å². The fourth-order valence-corrected chi connectivity index (χ4v) is 3.26. The summed E-state index contributed by atoms with van der Waals surface area (Å²) in [5.74, 6) is -6.79. The lowest BCUT2D eigenvalue weighted by molar-refractivity contribution is -0.274. The van der Waals surface area contributed by atoms with Crippen molar-refractivity contribution in [3.63, 3.8) is 0 Å². The molecule has 3 N–H and O–H groups in total. The molecule has 2 aromatic carbocycles. The van der Waals surface area contributed by atoms with Crippen LogP contribution in [0.1, 0.15) is 26.4 Å². The monoisotopic (exact) mass is 629 g/mol. The molecule has 0 unspecified atom stereocenters. The molecule has 0 radical (unpaired) electrons. The Labute approximate surface area is 236 Å². The highest BCUT2D eigenvalue weighted by molar-refractivity contribution is 8.16. The molecule has 1 heterocycles. The molecule has 0 fully saturated rings. The summed E-state index contributed by atoms with van der Waals surface area (Å²) in [4.78, 5) is 27.8. The Morgan fingerprint density at radius 2 is 1.55 bits per heavy atom. The van der Waals surface area contributed by atoms with E-state index in [4.69, 9.17) is 15.2 Å². The number of thiol groups is 3. The van der Waals surface area contributed by atoms with Crippen LogP contribution in [0, 0.1) is 5.82 Å². The summed E-state index contributed by atoms with van der Waals surface area (Å²) in [6.45, 7) is 0. The summed E-state index contributed by atoms with van der Waals surface area (Å²) in [5.41, 5.74) is 2.25. The van der Waals surface area contributed by atoms with Crippen molar-refractivity contribution in [2.75, 3.05) is 5.32 Å². The van der Waals surface area contributed by atoms with Gasteiger partial charge in [-0.15, -0.1) is 51.1 Å². The summed E-state index contributed by atoms with van der Waals surface area (Å²) < 4.78 is 105. The van der Waals surface area contributed by atoms with Crippen LogP contribution in [0.4, 0.5) is 36.4 Å². The van der Waals surface area contributed by atoms with E-state index < -0.39 is 67.9 Å². The van der Waals surface area contributed by atoms with Gasteiger partial charge in [0.25, 0.3) is 11.8 Å². The molecule has 0 saturated carbocycles. The molecule has 0 atom stereocenters. The van der Waals surface area contributed by atoms with Crippen LogP contribution in [0.15, 0.2) is 48.7 Å². The van der Waals surface area contributed by atoms with Gasteiger partial charge in [-0.2, -0.15) is 13.2 Å². The Balaban J connectivity index is 2.08. The van der Waals surface area contributed by atoms with Crippen LogP contribution in [-0.4, -0.2) is 26.8 Å². The third kappa shape index (κ3) is 8.49. The van der Waals surface area contributed by atoms with E-state index in [0.29, 0.717) is 6.07 Å². The molecular weight excluding hydrogens is 615 g/mol. The minimum absolute atomic E-state index is 0.0658. The molecule has 0 bridgehead atoms. The maximum Gasteiger partial charge on any atom is 0.573 e. The largest absolute Gasteiger partial charge is 0.573 e. The van der Waals surface area contributed by atoms with Crippen molar-refractivity contribution in [1.29, 1.82) is 0 Å². The highest BCUT2D eigenvalue weighted by Crippen LogP contribution is 2.43. The van der Waals surface area contributed by atoms with Gasteiger partial charge in [0.2, 0.25) is 3.60 Å². The first-order valence-electron chi connectivity index (χ1n) is 10.2. The predicted octanol–water partition coefficient (Wildman–Crippen LogP) is 6.06. The summed E-state index contributed by atoms with van der Waals surface area (Å²) in [5, 5.41) is 2.23. The van der Waals surface area contributed by atoms with Crippen LogP contribution in [-0.2, 0) is 6.18 Å². The normalized spacial score (nSPS) is 12.1. The summed E-state index contributed by atoms with van der Waals surface area (Å²) >= 11 is 11.5. The molecule has 8 nitrogen and oxygen atoms in total. The molecular formula is C22H14F7N3O5S3. The number of amides is 2. The number of nitrogens with zero attached hydrogens (tertiary/aromatic N) is 1. The molecule has 1 aromatic heterocycles. The smallest absolute Gasteiger partial charge is 0.455 e. The summed E-state index contributed by atoms with van der Waals surface area (Å²) in [6, 6.07) is 4.89. The first-order valence-corrected chi connectivity index (χ1v) is 11.6. The highest BCUT2D eigenvalue weighted by Gasteiger charge is 2.37. The van der Waals surface area contributed by atoms with Crippen molar-refractivity contribution in [2.24, 2.45) is 5.73 Å². The second kappa shape index (κ2) is 11.5. The third-order valence-corrected chi connectivity index (χ3v) is 4.78. The van der Waals surface area contributed by atoms with Gasteiger partial charge in [-0.25, -0.2) is 9.37 Å². The maximum absolute atomic E-state index is 14.4. The van der Waals surface area contributed by atoms with Crippen LogP contribution in [0.2, 0.25) is 0 Å². The maximum atomic E-state index is 14.4. The molecule has 0 spiro atoms. The number of nitrogens with one attached hydrogen (secondary N) is 1. The fraction of sp³-hybridized carbons (Fsp3) is 0.136. The number of hydrogen-bond acceptors (Lipinski definition) is 9. The van der Waals surface area contributed by atoms with Crippen molar-refractivity contribution in [3.05, 3.63) is 71.3 Å². The molecule has 18 heteroatoms. The number of halogens is 7. The number of carbonyl (C=O) groups is 2. The number of benzene rings is 2. The van der Waals surface area contributed by atoms with E-state index in [1.807, 2.05) is 0 Å². The van der Waals surface area contributed by atoms with Crippen LogP contribution in [0.5, 0.6) is 23.0 Å². The third-order valence-electron chi connectivity index (χ3n) is 4.51. The molecule has 214 valence electrons. The van der Waals surface area contributed by atoms with Gasteiger partial charge >= 0.3 is 12.5 Å². The molecule has 0 aliphatic heterocycles. The quantitative estimate of drug-likeness (QED) is 0.118. The Morgan fingerprint density at radius 3 is 2.08 bits per heavy atom. The molecule has 0 aliphatic carbocycles. The highest BCUT2D eigenvalue weighted by atomic mass is 32.2. The lowest BCUT2D eigenvalue weighted by atomic mass is 10.1. The zero-order valence-corrected chi connectivity index (χ0v) is 21.9. The lowest BCUT2D eigenvalue weighted by Crippen LogP contribution is -2.18. The van der Waals surface area contributed by atoms with E-state index in [9.17, 15) is 40.3 Å². The molecule has 0 aliphatic rings. The number of carbonyl (C=O) groups excluding carboxylic acids is 2. The average molecular weight is 630 g/mol. The van der Waals surface area contributed by atoms with E-state index in [1.165, 1.54) is 6.07 Å². The van der Waals surface area contributed by atoms with Gasteiger partial charge in [0.15, 0.2) is 11.5 Å². The average Bonchev–Trinajstić information content (AvgIpc) is 2.79. The Morgan fingerprint density at radius 1 is 0.875 bits per heavy atom. The molecule has 3 aromatic rings. The first-order chi connectivity index (χ1) is 18.3. The van der Waals surface area contributed by atoms with Gasteiger partial charge in [0, 0.05) is 6.07 Å². The second-order valence-corrected chi connectivity index (χ2v) is 10.5. The van der Waals surface area contributed by atoms with Gasteiger partial charge in [-0.05, 0) is 36.4 Å². The Hall–Kier alpha value is -3.51. The minimum atomic E-state index is -5.23. The molecule has 40 heavy (non-hydrogen) atoms. The van der Waals surface area contributed by atoms with E-state index in [0.717, 1.165) is 24.4 Å². The molecule has 0 saturated heterocycles. The van der Waals surface area contributed by atoms with Gasteiger partial charge in [-0.1, -0.05) is 0 Å². The summed E-state index contributed by atoms with van der Waals surface area (Å²) in [7, 11) is 0. The number of pyridine rings is 1. The van der Waals surface area contributed by atoms with Gasteiger partial charge < -0.3 is 25.3 Å². The zero-order chi connectivity index (χ0) is 30.0. The van der Waals surface area contributed by atoms with Crippen molar-refractivity contribution in [2.45, 2.75) is 16.1 Å². The van der Waals surface area contributed by atoms with Crippen LogP contribution in [0.25, 0.3) is 0 Å². The Bertz CT molecular complexity index is 1430. The number of primary amides is 1. The Kier molecular flexibility index (Phi) is 8.95. The summed E-state index contributed by atoms with van der Waals surface area (Å²) in [6.07, 6.45) is -9.35. The van der Waals surface area contributed by atoms with Crippen LogP contribution >= 0.6 is 37.9 Å². The zero-order valence-electron chi connectivity index (χ0n) is 19.2. The number of alkyl halides is 6. The topological polar surface area (TPSA) is 113 Å². The van der Waals surface area contributed by atoms with Crippen molar-refractivity contribution >= 4 is 55.4 Å². The minimum Gasteiger partial charge on any atom is -0.455 e. The second-order valence-electron chi connectivity index (χ2n) is 7.51. The van der Waals surface area contributed by atoms with Crippen molar-refractivity contribution in [1.82, 2.24) is 4.98 Å². The molecule has 2 amide bonds. The predicted molar refractivity (Wildman–Crippen MR) is 136 cm³/mol. The van der Waals surface area contributed by atoms with Crippen LogP contribution < -0.4 is 25.3 Å². The SMILES string of the molecule is NC(=O)c1ccc(NC(=O)c2cc(F)c(C(F)(F)F)cc2Oc2ccc(OC(F)(F)F)cc2OC(S)(S)S)cn1. The molecule has 3 rings (SSSR count). The number of nitrogens with two attached hydrogens (primary N) is 1.